The Hall–Kier alpha value is 0.350. The van der Waals surface area contributed by atoms with Crippen LogP contribution in [0.4, 0.5) is 0 Å². The Morgan fingerprint density at radius 2 is 1.55 bits per heavy atom. The quantitative estimate of drug-likeness (QED) is 0.530. The van der Waals surface area contributed by atoms with Crippen LogP contribution in [0.1, 0.15) is 44.9 Å². The smallest absolute Gasteiger partial charge is 0.00477 e. The van der Waals surface area contributed by atoms with Gasteiger partial charge in [-0.15, -0.1) is 0 Å². The summed E-state index contributed by atoms with van der Waals surface area (Å²) in [5, 5.41) is 0.744. The van der Waals surface area contributed by atoms with E-state index in [4.69, 9.17) is 0 Å². The molecule has 0 aliphatic heterocycles. The lowest BCUT2D eigenvalue weighted by Crippen LogP contribution is -2.31. The third kappa shape index (κ3) is 1.58. The highest BCUT2D eigenvalue weighted by atomic mass is 32.1. The van der Waals surface area contributed by atoms with E-state index in [1.807, 2.05) is 0 Å². The first-order valence-corrected chi connectivity index (χ1v) is 5.57. The van der Waals surface area contributed by atoms with Gasteiger partial charge in [0.1, 0.15) is 0 Å². The van der Waals surface area contributed by atoms with Crippen LogP contribution in [-0.2, 0) is 0 Å². The number of thiol groups is 1. The maximum absolute atomic E-state index is 4.68. The van der Waals surface area contributed by atoms with E-state index in [1.165, 1.54) is 44.9 Å². The van der Waals surface area contributed by atoms with E-state index in [-0.39, 0.29) is 0 Å². The summed E-state index contributed by atoms with van der Waals surface area (Å²) in [5.41, 5.74) is 0. The van der Waals surface area contributed by atoms with Crippen LogP contribution in [0.15, 0.2) is 0 Å². The molecule has 64 valence electrons. The standard InChI is InChI=1S/C10H18S/c11-10-7-3-5-8-4-1-2-6-9(8)10/h8-11H,1-7H2. The normalized spacial score (nSPS) is 45.0. The van der Waals surface area contributed by atoms with Crippen LogP contribution >= 0.6 is 12.6 Å². The van der Waals surface area contributed by atoms with Gasteiger partial charge in [0, 0.05) is 5.25 Å². The maximum atomic E-state index is 4.68. The first kappa shape index (κ1) is 7.97. The van der Waals surface area contributed by atoms with Crippen LogP contribution in [0, 0.1) is 11.8 Å². The minimum absolute atomic E-state index is 0.744. The minimum atomic E-state index is 0.744. The molecule has 0 radical (unpaired) electrons. The van der Waals surface area contributed by atoms with E-state index < -0.39 is 0 Å². The average Bonchev–Trinajstić information content (AvgIpc) is 2.06. The van der Waals surface area contributed by atoms with Gasteiger partial charge in [-0.05, 0) is 24.7 Å². The second kappa shape index (κ2) is 3.38. The number of fused-ring (bicyclic) bond motifs is 1. The number of rotatable bonds is 0. The van der Waals surface area contributed by atoms with Gasteiger partial charge in [-0.1, -0.05) is 32.1 Å². The van der Waals surface area contributed by atoms with Crippen molar-refractivity contribution in [2.75, 3.05) is 0 Å². The van der Waals surface area contributed by atoms with E-state index >= 15 is 0 Å². The van der Waals surface area contributed by atoms with Crippen molar-refractivity contribution >= 4 is 12.6 Å². The van der Waals surface area contributed by atoms with Crippen molar-refractivity contribution < 1.29 is 0 Å². The molecule has 2 aliphatic carbocycles. The highest BCUT2D eigenvalue weighted by Gasteiger charge is 2.32. The number of hydrogen-bond donors (Lipinski definition) is 1. The highest BCUT2D eigenvalue weighted by Crippen LogP contribution is 2.42. The number of hydrogen-bond acceptors (Lipinski definition) is 1. The van der Waals surface area contributed by atoms with E-state index in [9.17, 15) is 0 Å². The highest BCUT2D eigenvalue weighted by molar-refractivity contribution is 7.81. The van der Waals surface area contributed by atoms with Crippen LogP contribution in [0.5, 0.6) is 0 Å². The summed E-state index contributed by atoms with van der Waals surface area (Å²) in [6.07, 6.45) is 10.3. The molecule has 0 aromatic heterocycles. The molecule has 0 amide bonds. The predicted molar refractivity (Wildman–Crippen MR) is 52.1 cm³/mol. The average molecular weight is 170 g/mol. The molecule has 2 rings (SSSR count). The Morgan fingerprint density at radius 1 is 0.818 bits per heavy atom. The minimum Gasteiger partial charge on any atom is -0.176 e. The van der Waals surface area contributed by atoms with Crippen LogP contribution in [0.2, 0.25) is 0 Å². The molecule has 2 fully saturated rings. The fourth-order valence-electron chi connectivity index (χ4n) is 2.90. The van der Waals surface area contributed by atoms with Gasteiger partial charge < -0.3 is 0 Å². The zero-order chi connectivity index (χ0) is 7.68. The second-order valence-corrected chi connectivity index (χ2v) is 4.87. The van der Waals surface area contributed by atoms with Gasteiger partial charge in [0.25, 0.3) is 0 Å². The summed E-state index contributed by atoms with van der Waals surface area (Å²) in [5.74, 6) is 2.04. The molecule has 1 heteroatoms. The molecule has 0 nitrogen and oxygen atoms in total. The van der Waals surface area contributed by atoms with Crippen LogP contribution in [0.3, 0.4) is 0 Å². The van der Waals surface area contributed by atoms with Gasteiger partial charge in [0.05, 0.1) is 0 Å². The van der Waals surface area contributed by atoms with Crippen LogP contribution < -0.4 is 0 Å². The van der Waals surface area contributed by atoms with Gasteiger partial charge in [0.2, 0.25) is 0 Å². The topological polar surface area (TPSA) is 0 Å². The van der Waals surface area contributed by atoms with Crippen LogP contribution in [-0.4, -0.2) is 5.25 Å². The summed E-state index contributed by atoms with van der Waals surface area (Å²) in [6, 6.07) is 0. The molecule has 0 spiro atoms. The molecule has 2 saturated carbocycles. The summed E-state index contributed by atoms with van der Waals surface area (Å²) < 4.78 is 0. The maximum Gasteiger partial charge on any atom is 0.00477 e. The Kier molecular flexibility index (Phi) is 2.45. The van der Waals surface area contributed by atoms with Gasteiger partial charge in [-0.3, -0.25) is 0 Å². The van der Waals surface area contributed by atoms with E-state index in [0.29, 0.717) is 0 Å². The van der Waals surface area contributed by atoms with Gasteiger partial charge in [0.15, 0.2) is 0 Å². The lowest BCUT2D eigenvalue weighted by atomic mass is 9.71. The molecule has 0 heterocycles. The second-order valence-electron chi connectivity index (χ2n) is 4.21. The van der Waals surface area contributed by atoms with E-state index in [0.717, 1.165) is 17.1 Å². The molecule has 0 N–H and O–H groups in total. The summed E-state index contributed by atoms with van der Waals surface area (Å²) >= 11 is 4.68. The molecule has 3 atom stereocenters. The van der Waals surface area contributed by atoms with Crippen molar-refractivity contribution in [1.29, 1.82) is 0 Å². The molecule has 0 aromatic carbocycles. The van der Waals surface area contributed by atoms with Crippen molar-refractivity contribution in [3.05, 3.63) is 0 Å². The first-order chi connectivity index (χ1) is 5.38. The zero-order valence-electron chi connectivity index (χ0n) is 7.13. The first-order valence-electron chi connectivity index (χ1n) is 5.06. The molecule has 11 heavy (non-hydrogen) atoms. The fraction of sp³-hybridized carbons (Fsp3) is 1.00. The summed E-state index contributed by atoms with van der Waals surface area (Å²) in [6.45, 7) is 0. The fourth-order valence-corrected chi connectivity index (χ4v) is 3.48. The van der Waals surface area contributed by atoms with E-state index in [1.54, 1.807) is 0 Å². The third-order valence-corrected chi connectivity index (χ3v) is 4.18. The largest absolute Gasteiger partial charge is 0.176 e. The zero-order valence-corrected chi connectivity index (χ0v) is 8.02. The molecule has 0 saturated heterocycles. The molecule has 0 aromatic rings. The third-order valence-electron chi connectivity index (χ3n) is 3.54. The monoisotopic (exact) mass is 170 g/mol. The van der Waals surface area contributed by atoms with Gasteiger partial charge in [-0.25, -0.2) is 0 Å². The van der Waals surface area contributed by atoms with Crippen molar-refractivity contribution in [3.63, 3.8) is 0 Å². The van der Waals surface area contributed by atoms with Crippen molar-refractivity contribution in [2.45, 2.75) is 50.2 Å². The molecule has 3 unspecified atom stereocenters. The predicted octanol–water partition coefficient (Wildman–Crippen LogP) is 3.28. The summed E-state index contributed by atoms with van der Waals surface area (Å²) in [7, 11) is 0. The Labute approximate surface area is 75.2 Å². The lowest BCUT2D eigenvalue weighted by molar-refractivity contribution is 0.179. The van der Waals surface area contributed by atoms with Crippen molar-refractivity contribution in [3.8, 4) is 0 Å². The molecule has 2 aliphatic rings. The molecular formula is C10H18S. The van der Waals surface area contributed by atoms with Gasteiger partial charge >= 0.3 is 0 Å². The SMILES string of the molecule is SC1CCCC2CCCCC12. The van der Waals surface area contributed by atoms with Crippen LogP contribution in [0.25, 0.3) is 0 Å². The Morgan fingerprint density at radius 3 is 2.36 bits per heavy atom. The van der Waals surface area contributed by atoms with Gasteiger partial charge in [-0.2, -0.15) is 12.6 Å². The van der Waals surface area contributed by atoms with Crippen molar-refractivity contribution in [2.24, 2.45) is 11.8 Å². The van der Waals surface area contributed by atoms with E-state index in [2.05, 4.69) is 12.6 Å². The lowest BCUT2D eigenvalue weighted by Gasteiger charge is -2.39. The molecular weight excluding hydrogens is 152 g/mol. The van der Waals surface area contributed by atoms with Crippen molar-refractivity contribution in [1.82, 2.24) is 0 Å². The Bertz CT molecular complexity index is 131. The molecule has 0 bridgehead atoms. The summed E-state index contributed by atoms with van der Waals surface area (Å²) in [4.78, 5) is 0. The Balaban J connectivity index is 1.99.